The van der Waals surface area contributed by atoms with E-state index in [9.17, 15) is 0 Å². The molecule has 270 valence electrons. The molecule has 3 heterocycles. The van der Waals surface area contributed by atoms with Gasteiger partial charge in [0.05, 0.1) is 16.6 Å². The molecule has 0 saturated carbocycles. The Labute approximate surface area is 333 Å². The molecule has 12 rings (SSSR count). The predicted molar refractivity (Wildman–Crippen MR) is 238 cm³/mol. The Morgan fingerprint density at radius 2 is 1.00 bits per heavy atom. The molecule has 5 nitrogen and oxygen atoms in total. The monoisotopic (exact) mass is 740 g/mol. The number of benzene rings is 9. The smallest absolute Gasteiger partial charge is 0.167 e. The third-order valence-corrected chi connectivity index (χ3v) is 11.4. The highest BCUT2D eigenvalue weighted by molar-refractivity contribution is 6.17. The highest BCUT2D eigenvalue weighted by atomic mass is 16.3. The van der Waals surface area contributed by atoms with Crippen molar-refractivity contribution in [2.45, 2.75) is 0 Å². The second-order valence-electron chi connectivity index (χ2n) is 14.8. The van der Waals surface area contributed by atoms with E-state index < -0.39 is 0 Å². The molecule has 0 spiro atoms. The first-order valence-corrected chi connectivity index (χ1v) is 19.5. The summed E-state index contributed by atoms with van der Waals surface area (Å²) in [6, 6.07) is 68.0. The fourth-order valence-corrected chi connectivity index (χ4v) is 8.75. The largest absolute Gasteiger partial charge is 0.455 e. The number of hydrogen-bond acceptors (Lipinski definition) is 4. The minimum absolute atomic E-state index is 0.559. The van der Waals surface area contributed by atoms with Crippen molar-refractivity contribution in [3.05, 3.63) is 194 Å². The zero-order chi connectivity index (χ0) is 38.2. The molecule has 0 unspecified atom stereocenters. The van der Waals surface area contributed by atoms with Gasteiger partial charge >= 0.3 is 0 Å². The van der Waals surface area contributed by atoms with E-state index in [4.69, 9.17) is 19.4 Å². The van der Waals surface area contributed by atoms with Gasteiger partial charge in [0.15, 0.2) is 17.5 Å². The van der Waals surface area contributed by atoms with Gasteiger partial charge in [-0.3, -0.25) is 0 Å². The molecule has 3 aromatic heterocycles. The van der Waals surface area contributed by atoms with Crippen LogP contribution in [0.25, 0.3) is 116 Å². The summed E-state index contributed by atoms with van der Waals surface area (Å²) >= 11 is 0. The molecule has 0 atom stereocenters. The number of hydrogen-bond donors (Lipinski definition) is 0. The van der Waals surface area contributed by atoms with Gasteiger partial charge in [-0.1, -0.05) is 146 Å². The molecule has 0 aliphatic rings. The maximum Gasteiger partial charge on any atom is 0.167 e. The van der Waals surface area contributed by atoms with Crippen LogP contribution in [0.4, 0.5) is 0 Å². The number of nitrogens with zero attached hydrogens (tertiary/aromatic N) is 4. The maximum absolute atomic E-state index is 6.81. The fraction of sp³-hybridized carbons (Fsp3) is 0. The lowest BCUT2D eigenvalue weighted by Gasteiger charge is -2.10. The maximum atomic E-state index is 6.81. The Balaban J connectivity index is 1.04. The highest BCUT2D eigenvalue weighted by Crippen LogP contribution is 2.42. The predicted octanol–water partition coefficient (Wildman–Crippen LogP) is 13.8. The van der Waals surface area contributed by atoms with Crippen LogP contribution in [0.2, 0.25) is 0 Å². The van der Waals surface area contributed by atoms with Gasteiger partial charge < -0.3 is 8.98 Å². The van der Waals surface area contributed by atoms with Crippen LogP contribution >= 0.6 is 0 Å². The van der Waals surface area contributed by atoms with Gasteiger partial charge in [0, 0.05) is 38.4 Å². The average Bonchev–Trinajstić information content (AvgIpc) is 3.85. The van der Waals surface area contributed by atoms with Crippen LogP contribution in [-0.2, 0) is 0 Å². The quantitative estimate of drug-likeness (QED) is 0.165. The molecule has 0 bridgehead atoms. The Kier molecular flexibility index (Phi) is 7.16. The lowest BCUT2D eigenvalue weighted by atomic mass is 9.97. The number of rotatable bonds is 5. The second-order valence-corrected chi connectivity index (χ2v) is 14.8. The van der Waals surface area contributed by atoms with Crippen LogP contribution in [0.3, 0.4) is 0 Å². The van der Waals surface area contributed by atoms with Crippen molar-refractivity contribution >= 4 is 65.3 Å². The summed E-state index contributed by atoms with van der Waals surface area (Å²) in [6.45, 7) is 0. The zero-order valence-electron chi connectivity index (χ0n) is 31.2. The molecule has 9 aromatic carbocycles. The van der Waals surface area contributed by atoms with Crippen LogP contribution < -0.4 is 0 Å². The molecule has 0 fully saturated rings. The molecular formula is C53H32N4O. The van der Waals surface area contributed by atoms with Gasteiger partial charge in [0.2, 0.25) is 0 Å². The SMILES string of the molecule is c1ccc(-c2nc(-c3ccc4c(ccc5ccccc54)c3)nc(-c3cccc4c3oc3cccc(-c5ccc6c(c5)c5ccccc5n6-c5ccccc5)c34)n2)cc1. The molecule has 0 aliphatic carbocycles. The molecule has 0 aliphatic heterocycles. The van der Waals surface area contributed by atoms with E-state index in [1.165, 1.54) is 38.0 Å². The van der Waals surface area contributed by atoms with E-state index in [1.807, 2.05) is 30.3 Å². The summed E-state index contributed by atoms with van der Waals surface area (Å²) in [5.74, 6) is 1.77. The van der Waals surface area contributed by atoms with Crippen LogP contribution in [-0.4, -0.2) is 19.5 Å². The first-order chi connectivity index (χ1) is 28.7. The summed E-state index contributed by atoms with van der Waals surface area (Å²) in [5.41, 5.74) is 9.94. The molecule has 5 heteroatoms. The van der Waals surface area contributed by atoms with Crippen molar-refractivity contribution < 1.29 is 4.42 Å². The standard InChI is InChI=1S/C53H32N4O/c1-3-14-34(15-4-1)51-54-52(37-27-29-40-35(31-37)26-25-33-13-7-8-18-39(33)40)56-53(55-51)44-22-11-21-43-49-41(20-12-24-48(49)58-50(43)44)36-28-30-47-45(32-36)42-19-9-10-23-46(42)57(47)38-16-5-2-6-17-38/h1-32H. The van der Waals surface area contributed by atoms with E-state index in [-0.39, 0.29) is 0 Å². The van der Waals surface area contributed by atoms with E-state index in [1.54, 1.807) is 0 Å². The lowest BCUT2D eigenvalue weighted by Crippen LogP contribution is -2.00. The van der Waals surface area contributed by atoms with Crippen LogP contribution in [0.5, 0.6) is 0 Å². The average molecular weight is 741 g/mol. The van der Waals surface area contributed by atoms with Gasteiger partial charge in [0.25, 0.3) is 0 Å². The Hall–Kier alpha value is -7.89. The van der Waals surface area contributed by atoms with Gasteiger partial charge in [-0.15, -0.1) is 0 Å². The molecule has 0 amide bonds. The minimum Gasteiger partial charge on any atom is -0.455 e. The minimum atomic E-state index is 0.559. The Morgan fingerprint density at radius 3 is 1.88 bits per heavy atom. The fourth-order valence-electron chi connectivity index (χ4n) is 8.75. The molecule has 58 heavy (non-hydrogen) atoms. The lowest BCUT2D eigenvalue weighted by molar-refractivity contribution is 0.669. The van der Waals surface area contributed by atoms with Crippen molar-refractivity contribution in [1.82, 2.24) is 19.5 Å². The van der Waals surface area contributed by atoms with E-state index in [0.717, 1.165) is 60.8 Å². The first kappa shape index (κ1) is 32.4. The first-order valence-electron chi connectivity index (χ1n) is 19.5. The van der Waals surface area contributed by atoms with E-state index in [0.29, 0.717) is 17.5 Å². The second kappa shape index (κ2) is 12.8. The number of para-hydroxylation sites is 3. The van der Waals surface area contributed by atoms with Crippen molar-refractivity contribution in [1.29, 1.82) is 0 Å². The van der Waals surface area contributed by atoms with Crippen molar-refractivity contribution in [2.24, 2.45) is 0 Å². The molecule has 12 aromatic rings. The normalized spacial score (nSPS) is 11.8. The molecule has 0 radical (unpaired) electrons. The Morgan fingerprint density at radius 1 is 0.362 bits per heavy atom. The zero-order valence-corrected chi connectivity index (χ0v) is 31.2. The van der Waals surface area contributed by atoms with Crippen molar-refractivity contribution in [2.75, 3.05) is 0 Å². The van der Waals surface area contributed by atoms with Gasteiger partial charge in [-0.05, 0) is 81.2 Å². The summed E-state index contributed by atoms with van der Waals surface area (Å²) in [5, 5.41) is 9.26. The number of fused-ring (bicyclic) bond motifs is 9. The Bertz CT molecular complexity index is 3570. The summed E-state index contributed by atoms with van der Waals surface area (Å²) in [7, 11) is 0. The van der Waals surface area contributed by atoms with Crippen LogP contribution in [0, 0.1) is 0 Å². The van der Waals surface area contributed by atoms with E-state index in [2.05, 4.69) is 168 Å². The van der Waals surface area contributed by atoms with Gasteiger partial charge in [-0.25, -0.2) is 15.0 Å². The third kappa shape index (κ3) is 5.07. The topological polar surface area (TPSA) is 56.7 Å². The third-order valence-electron chi connectivity index (χ3n) is 11.4. The highest BCUT2D eigenvalue weighted by Gasteiger charge is 2.21. The van der Waals surface area contributed by atoms with Crippen LogP contribution in [0.15, 0.2) is 199 Å². The van der Waals surface area contributed by atoms with Gasteiger partial charge in [-0.2, -0.15) is 0 Å². The van der Waals surface area contributed by atoms with Crippen molar-refractivity contribution in [3.8, 4) is 51.0 Å². The van der Waals surface area contributed by atoms with Gasteiger partial charge in [0.1, 0.15) is 11.2 Å². The summed E-state index contributed by atoms with van der Waals surface area (Å²) in [6.07, 6.45) is 0. The number of aromatic nitrogens is 4. The molecular weight excluding hydrogens is 709 g/mol. The van der Waals surface area contributed by atoms with Crippen molar-refractivity contribution in [3.63, 3.8) is 0 Å². The van der Waals surface area contributed by atoms with E-state index >= 15 is 0 Å². The number of furan rings is 1. The summed E-state index contributed by atoms with van der Waals surface area (Å²) < 4.78 is 9.15. The molecule has 0 N–H and O–H groups in total. The summed E-state index contributed by atoms with van der Waals surface area (Å²) in [4.78, 5) is 15.3. The molecule has 0 saturated heterocycles. The van der Waals surface area contributed by atoms with Crippen LogP contribution in [0.1, 0.15) is 0 Å².